The Morgan fingerprint density at radius 1 is 1.26 bits per heavy atom. The van der Waals surface area contributed by atoms with Gasteiger partial charge in [-0.2, -0.15) is 0 Å². The van der Waals surface area contributed by atoms with Gasteiger partial charge in [-0.05, 0) is 56.4 Å². The minimum absolute atomic E-state index is 0.137. The lowest BCUT2D eigenvalue weighted by Crippen LogP contribution is -2.42. The highest BCUT2D eigenvalue weighted by Crippen LogP contribution is 2.33. The Labute approximate surface area is 168 Å². The molecule has 1 aromatic carbocycles. The van der Waals surface area contributed by atoms with Gasteiger partial charge >= 0.3 is 0 Å². The lowest BCUT2D eigenvalue weighted by atomic mass is 9.97. The zero-order valence-electron chi connectivity index (χ0n) is 15.8. The smallest absolute Gasteiger partial charge is 0.237 e. The van der Waals surface area contributed by atoms with E-state index in [2.05, 4.69) is 41.5 Å². The van der Waals surface area contributed by atoms with Gasteiger partial charge in [-0.25, -0.2) is 4.98 Å². The van der Waals surface area contributed by atoms with Crippen molar-refractivity contribution in [1.82, 2.24) is 14.8 Å². The van der Waals surface area contributed by atoms with Crippen LogP contribution in [0, 0.1) is 0 Å². The Morgan fingerprint density at radius 2 is 2.04 bits per heavy atom. The fourth-order valence-corrected chi connectivity index (χ4v) is 5.60. The summed E-state index contributed by atoms with van der Waals surface area (Å²) in [4.78, 5) is 22.9. The predicted octanol–water partition coefficient (Wildman–Crippen LogP) is 4.76. The van der Waals surface area contributed by atoms with Gasteiger partial charge in [0, 0.05) is 17.8 Å². The van der Waals surface area contributed by atoms with Gasteiger partial charge in [-0.3, -0.25) is 9.69 Å². The molecule has 1 amide bonds. The van der Waals surface area contributed by atoms with E-state index in [4.69, 9.17) is 4.98 Å². The highest BCUT2D eigenvalue weighted by Gasteiger charge is 2.26. The van der Waals surface area contributed by atoms with E-state index in [-0.39, 0.29) is 11.9 Å². The summed E-state index contributed by atoms with van der Waals surface area (Å²) in [6.45, 7) is 4.54. The number of benzene rings is 1. The number of para-hydroxylation sites is 1. The molecular formula is C21H25N3OS2. The van der Waals surface area contributed by atoms with Crippen LogP contribution in [-0.2, 0) is 4.79 Å². The SMILES string of the molecule is CC(c1cccs1)N(C)C(=O)CN1CCC(c2nc3ccccc3s2)CC1. The molecule has 0 N–H and O–H groups in total. The molecule has 6 heteroatoms. The minimum atomic E-state index is 0.137. The van der Waals surface area contributed by atoms with Crippen LogP contribution in [0.1, 0.15) is 41.6 Å². The third-order valence-corrected chi connectivity index (χ3v) is 7.78. The van der Waals surface area contributed by atoms with Gasteiger partial charge in [-0.1, -0.05) is 18.2 Å². The molecule has 4 rings (SSSR count). The van der Waals surface area contributed by atoms with Crippen molar-refractivity contribution >= 4 is 38.8 Å². The molecule has 0 spiro atoms. The minimum Gasteiger partial charge on any atom is -0.337 e. The summed E-state index contributed by atoms with van der Waals surface area (Å²) in [5.74, 6) is 0.728. The highest BCUT2D eigenvalue weighted by molar-refractivity contribution is 7.18. The van der Waals surface area contributed by atoms with Crippen LogP contribution in [0.3, 0.4) is 0 Å². The number of likely N-dealkylation sites (N-methyl/N-ethyl adjacent to an activating group) is 1. The number of rotatable bonds is 5. The molecule has 1 atom stereocenters. The number of likely N-dealkylation sites (tertiary alicyclic amines) is 1. The number of nitrogens with zero attached hydrogens (tertiary/aromatic N) is 3. The molecule has 142 valence electrons. The van der Waals surface area contributed by atoms with Gasteiger partial charge < -0.3 is 4.90 Å². The number of carbonyl (C=O) groups excluding carboxylic acids is 1. The summed E-state index contributed by atoms with van der Waals surface area (Å²) < 4.78 is 1.27. The summed E-state index contributed by atoms with van der Waals surface area (Å²) in [7, 11) is 1.92. The Hall–Kier alpha value is -1.76. The summed E-state index contributed by atoms with van der Waals surface area (Å²) in [5, 5.41) is 3.32. The number of piperidine rings is 1. The second-order valence-electron chi connectivity index (χ2n) is 7.27. The van der Waals surface area contributed by atoms with E-state index < -0.39 is 0 Å². The van der Waals surface area contributed by atoms with E-state index in [9.17, 15) is 4.79 Å². The second kappa shape index (κ2) is 8.09. The zero-order chi connectivity index (χ0) is 18.8. The van der Waals surface area contributed by atoms with Crippen LogP contribution in [0.2, 0.25) is 0 Å². The Morgan fingerprint density at radius 3 is 2.74 bits per heavy atom. The number of aromatic nitrogens is 1. The number of amides is 1. The van der Waals surface area contributed by atoms with Gasteiger partial charge in [0.05, 0.1) is 27.8 Å². The molecule has 0 bridgehead atoms. The van der Waals surface area contributed by atoms with Crippen molar-refractivity contribution in [2.75, 3.05) is 26.7 Å². The summed E-state index contributed by atoms with van der Waals surface area (Å²) in [6, 6.07) is 12.6. The first kappa shape index (κ1) is 18.6. The van der Waals surface area contributed by atoms with E-state index >= 15 is 0 Å². The molecule has 0 radical (unpaired) electrons. The lowest BCUT2D eigenvalue weighted by Gasteiger charge is -2.33. The molecule has 3 aromatic rings. The molecule has 1 saturated heterocycles. The van der Waals surface area contributed by atoms with Crippen LogP contribution in [-0.4, -0.2) is 47.4 Å². The average Bonchev–Trinajstić information content (AvgIpc) is 3.37. The first-order chi connectivity index (χ1) is 13.1. The molecule has 2 aromatic heterocycles. The molecule has 1 unspecified atom stereocenters. The maximum atomic E-state index is 12.7. The third-order valence-electron chi connectivity index (χ3n) is 5.54. The molecule has 4 nitrogen and oxygen atoms in total. The Bertz CT molecular complexity index is 864. The van der Waals surface area contributed by atoms with Crippen molar-refractivity contribution in [3.05, 3.63) is 51.7 Å². The lowest BCUT2D eigenvalue weighted by molar-refractivity contribution is -0.133. The predicted molar refractivity (Wildman–Crippen MR) is 114 cm³/mol. The number of carbonyl (C=O) groups is 1. The number of hydrogen-bond donors (Lipinski definition) is 0. The van der Waals surface area contributed by atoms with Crippen LogP contribution >= 0.6 is 22.7 Å². The van der Waals surface area contributed by atoms with Crippen molar-refractivity contribution in [2.24, 2.45) is 0 Å². The van der Waals surface area contributed by atoms with E-state index in [1.165, 1.54) is 14.6 Å². The Kier molecular flexibility index (Phi) is 5.57. The summed E-state index contributed by atoms with van der Waals surface area (Å²) in [5.41, 5.74) is 1.11. The molecule has 1 aliphatic heterocycles. The summed E-state index contributed by atoms with van der Waals surface area (Å²) >= 11 is 3.53. The maximum Gasteiger partial charge on any atom is 0.237 e. The molecule has 1 fully saturated rings. The molecule has 1 aliphatic rings. The number of fused-ring (bicyclic) bond motifs is 1. The molecular weight excluding hydrogens is 374 g/mol. The van der Waals surface area contributed by atoms with Crippen LogP contribution in [0.4, 0.5) is 0 Å². The van der Waals surface area contributed by atoms with Crippen molar-refractivity contribution < 1.29 is 4.79 Å². The van der Waals surface area contributed by atoms with Crippen LogP contribution in [0.5, 0.6) is 0 Å². The van der Waals surface area contributed by atoms with Crippen molar-refractivity contribution in [3.63, 3.8) is 0 Å². The molecule has 27 heavy (non-hydrogen) atoms. The Balaban J connectivity index is 1.32. The van der Waals surface area contributed by atoms with Gasteiger partial charge in [0.2, 0.25) is 5.91 Å². The highest BCUT2D eigenvalue weighted by atomic mass is 32.1. The molecule has 0 saturated carbocycles. The van der Waals surface area contributed by atoms with E-state index in [0.29, 0.717) is 12.5 Å². The molecule has 3 heterocycles. The van der Waals surface area contributed by atoms with Crippen molar-refractivity contribution in [3.8, 4) is 0 Å². The number of thiophene rings is 1. The van der Waals surface area contributed by atoms with Crippen molar-refractivity contribution in [2.45, 2.75) is 31.7 Å². The average molecular weight is 400 g/mol. The van der Waals surface area contributed by atoms with E-state index in [1.54, 1.807) is 11.3 Å². The maximum absolute atomic E-state index is 12.7. The quantitative estimate of drug-likeness (QED) is 0.621. The van der Waals surface area contributed by atoms with Gasteiger partial charge in [-0.15, -0.1) is 22.7 Å². The monoisotopic (exact) mass is 399 g/mol. The number of hydrogen-bond acceptors (Lipinski definition) is 5. The van der Waals surface area contributed by atoms with Gasteiger partial charge in [0.15, 0.2) is 0 Å². The van der Waals surface area contributed by atoms with Crippen molar-refractivity contribution in [1.29, 1.82) is 0 Å². The number of thiazole rings is 1. The summed E-state index contributed by atoms with van der Waals surface area (Å²) in [6.07, 6.45) is 2.16. The fraction of sp³-hybridized carbons (Fsp3) is 0.429. The topological polar surface area (TPSA) is 36.4 Å². The van der Waals surface area contributed by atoms with Crippen LogP contribution in [0.25, 0.3) is 10.2 Å². The largest absolute Gasteiger partial charge is 0.337 e. The standard InChI is InChI=1S/C21H25N3OS2/c1-15(18-8-5-13-26-18)23(2)20(25)14-24-11-9-16(10-12-24)21-22-17-6-3-4-7-19(17)27-21/h3-8,13,15-16H,9-12,14H2,1-2H3. The van der Waals surface area contributed by atoms with Crippen LogP contribution in [0.15, 0.2) is 41.8 Å². The normalized spacial score (nSPS) is 17.3. The third kappa shape index (κ3) is 4.08. The second-order valence-corrected chi connectivity index (χ2v) is 9.31. The van der Waals surface area contributed by atoms with Crippen LogP contribution < -0.4 is 0 Å². The fourth-order valence-electron chi connectivity index (χ4n) is 3.64. The molecule has 0 aliphatic carbocycles. The van der Waals surface area contributed by atoms with Gasteiger partial charge in [0.25, 0.3) is 0 Å². The zero-order valence-corrected chi connectivity index (χ0v) is 17.4. The first-order valence-electron chi connectivity index (χ1n) is 9.48. The van der Waals surface area contributed by atoms with E-state index in [1.807, 2.05) is 35.4 Å². The van der Waals surface area contributed by atoms with Gasteiger partial charge in [0.1, 0.15) is 0 Å². The van der Waals surface area contributed by atoms with E-state index in [0.717, 1.165) is 31.4 Å². The first-order valence-corrected chi connectivity index (χ1v) is 11.2.